The summed E-state index contributed by atoms with van der Waals surface area (Å²) in [6, 6.07) is 4.27. The minimum absolute atomic E-state index is 0.344. The predicted molar refractivity (Wildman–Crippen MR) is 92.8 cm³/mol. The maximum Gasteiger partial charge on any atom is 0.412 e. The van der Waals surface area contributed by atoms with E-state index in [1.165, 1.54) is 4.68 Å². The topological polar surface area (TPSA) is 72.3 Å². The van der Waals surface area contributed by atoms with E-state index in [0.717, 1.165) is 0 Å². The van der Waals surface area contributed by atoms with Crippen LogP contribution in [0.25, 0.3) is 5.69 Å². The molecule has 7 nitrogen and oxygen atoms in total. The number of benzene rings is 1. The number of nitrogens with one attached hydrogen (secondary N) is 1. The molecule has 1 aromatic heterocycles. The lowest BCUT2D eigenvalue weighted by Crippen LogP contribution is -2.32. The van der Waals surface area contributed by atoms with Gasteiger partial charge in [-0.3, -0.25) is 5.32 Å². The third kappa shape index (κ3) is 2.81. The van der Waals surface area contributed by atoms with Gasteiger partial charge in [0.25, 0.3) is 0 Å². The normalized spacial score (nSPS) is 18.8. The van der Waals surface area contributed by atoms with Crippen LogP contribution in [-0.2, 0) is 4.74 Å². The summed E-state index contributed by atoms with van der Waals surface area (Å²) in [5.41, 5.74) is 0.976. The molecule has 0 spiro atoms. The van der Waals surface area contributed by atoms with Crippen LogP contribution < -0.4 is 10.2 Å². The molecule has 1 aliphatic heterocycles. The molecule has 0 saturated carbocycles. The minimum atomic E-state index is -2.33. The Hall–Kier alpha value is -2.57. The quantitative estimate of drug-likeness (QED) is 0.866. The Kier molecular flexibility index (Phi) is 2.94. The Morgan fingerprint density at radius 2 is 2.17 bits per heavy atom. The number of rotatable bonds is 1. The van der Waals surface area contributed by atoms with Crippen molar-refractivity contribution < 1.29 is 13.6 Å². The van der Waals surface area contributed by atoms with E-state index < -0.39 is 24.6 Å². The fourth-order valence-electron chi connectivity index (χ4n) is 2.68. The number of fused-ring (bicyclic) bond motifs is 3. The third-order valence-electron chi connectivity index (χ3n) is 3.60. The van der Waals surface area contributed by atoms with Gasteiger partial charge in [0.2, 0.25) is 0 Å². The van der Waals surface area contributed by atoms with Crippen molar-refractivity contribution in [2.24, 2.45) is 0 Å². The number of hydrogen-bond donors (Lipinski definition) is 1. The van der Waals surface area contributed by atoms with E-state index in [2.05, 4.69) is 15.4 Å². The summed E-state index contributed by atoms with van der Waals surface area (Å²) in [5.74, 6) is 0.822. The molecule has 1 atom stereocenters. The van der Waals surface area contributed by atoms with Crippen LogP contribution in [0.3, 0.4) is 0 Å². The van der Waals surface area contributed by atoms with E-state index in [1.807, 2.05) is 0 Å². The summed E-state index contributed by atoms with van der Waals surface area (Å²) in [7, 11) is 1.67. The Labute approximate surface area is 145 Å². The molecule has 0 aliphatic carbocycles. The molecular weight excluding hydrogens is 306 g/mol. The van der Waals surface area contributed by atoms with E-state index in [-0.39, 0.29) is 0 Å². The molecule has 0 radical (unpaired) electrons. The number of hydrogen-bond acceptors (Lipinski definition) is 5. The van der Waals surface area contributed by atoms with Gasteiger partial charge < -0.3 is 9.64 Å². The smallest absolute Gasteiger partial charge is 0.412 e. The number of anilines is 2. The van der Waals surface area contributed by atoms with Crippen molar-refractivity contribution in [2.75, 3.05) is 17.3 Å². The van der Waals surface area contributed by atoms with Gasteiger partial charge in [0.1, 0.15) is 11.4 Å². The standard InChI is InChI=1S/C17H23N5O2/c1-10-15-18-11(2)20-22(15)13-9-7-8-12(14(13)21(10)6)19-16(23)24-17(3,4)5/h7-10H,1-6H3,(H,19,23)/i1D3. The van der Waals surface area contributed by atoms with E-state index in [1.54, 1.807) is 57.8 Å². The number of ether oxygens (including phenoxy) is 1. The molecule has 2 aromatic rings. The molecule has 1 amide bonds. The summed E-state index contributed by atoms with van der Waals surface area (Å²) >= 11 is 0. The van der Waals surface area contributed by atoms with Crippen molar-refractivity contribution in [2.45, 2.75) is 46.2 Å². The molecule has 3 rings (SSSR count). The summed E-state index contributed by atoms with van der Waals surface area (Å²) in [6.07, 6.45) is -0.615. The Morgan fingerprint density at radius 1 is 1.42 bits per heavy atom. The zero-order valence-electron chi connectivity index (χ0n) is 17.4. The highest BCUT2D eigenvalue weighted by Crippen LogP contribution is 2.41. The fourth-order valence-corrected chi connectivity index (χ4v) is 2.68. The van der Waals surface area contributed by atoms with Crippen LogP contribution in [-0.4, -0.2) is 33.5 Å². The van der Waals surface area contributed by atoms with Crippen LogP contribution in [0, 0.1) is 6.92 Å². The maximum atomic E-state index is 12.3. The fraction of sp³-hybridized carbons (Fsp3) is 0.471. The third-order valence-corrected chi connectivity index (χ3v) is 3.60. The lowest BCUT2D eigenvalue weighted by Gasteiger charge is -2.34. The molecule has 0 saturated heterocycles. The lowest BCUT2D eigenvalue weighted by atomic mass is 10.1. The summed E-state index contributed by atoms with van der Waals surface area (Å²) in [5, 5.41) is 7.07. The Balaban J connectivity index is 2.11. The number of carbonyl (C=O) groups excluding carboxylic acids is 1. The zero-order valence-corrected chi connectivity index (χ0v) is 14.4. The SMILES string of the molecule is [2H]C([2H])([2H])C1c2nc(C)nn2-c2cccc(NC(=O)OC(C)(C)C)c2N1C. The van der Waals surface area contributed by atoms with Crippen molar-refractivity contribution in [1.29, 1.82) is 0 Å². The van der Waals surface area contributed by atoms with Crippen molar-refractivity contribution in [3.63, 3.8) is 0 Å². The first-order valence-electron chi connectivity index (χ1n) is 9.18. The highest BCUT2D eigenvalue weighted by molar-refractivity contribution is 5.93. The molecular formula is C17H23N5O2. The Bertz CT molecular complexity index is 886. The average molecular weight is 332 g/mol. The van der Waals surface area contributed by atoms with Crippen molar-refractivity contribution >= 4 is 17.5 Å². The van der Waals surface area contributed by atoms with Crippen LogP contribution in [0.5, 0.6) is 0 Å². The van der Waals surface area contributed by atoms with Crippen LogP contribution >= 0.6 is 0 Å². The number of nitrogens with zero attached hydrogens (tertiary/aromatic N) is 4. The first kappa shape index (κ1) is 12.8. The molecule has 1 aliphatic rings. The zero-order chi connectivity index (χ0) is 20.1. The molecule has 128 valence electrons. The number of aromatic nitrogens is 3. The van der Waals surface area contributed by atoms with E-state index in [0.29, 0.717) is 28.7 Å². The van der Waals surface area contributed by atoms with E-state index >= 15 is 0 Å². The molecule has 24 heavy (non-hydrogen) atoms. The van der Waals surface area contributed by atoms with Gasteiger partial charge in [-0.2, -0.15) is 5.10 Å². The monoisotopic (exact) mass is 332 g/mol. The highest BCUT2D eigenvalue weighted by atomic mass is 16.6. The molecule has 0 bridgehead atoms. The number of aryl methyl sites for hydroxylation is 1. The van der Waals surface area contributed by atoms with Crippen LogP contribution in [0.2, 0.25) is 0 Å². The second-order valence-corrected chi connectivity index (χ2v) is 6.74. The van der Waals surface area contributed by atoms with Crippen LogP contribution in [0.4, 0.5) is 16.2 Å². The minimum Gasteiger partial charge on any atom is -0.444 e. The molecule has 2 heterocycles. The molecule has 7 heteroatoms. The Morgan fingerprint density at radius 3 is 2.83 bits per heavy atom. The van der Waals surface area contributed by atoms with Crippen LogP contribution in [0.1, 0.15) is 49.4 Å². The van der Waals surface area contributed by atoms with Gasteiger partial charge in [-0.25, -0.2) is 14.5 Å². The van der Waals surface area contributed by atoms with Crippen molar-refractivity contribution in [1.82, 2.24) is 14.8 Å². The summed E-state index contributed by atoms with van der Waals surface area (Å²) in [6.45, 7) is 4.70. The van der Waals surface area contributed by atoms with Crippen LogP contribution in [0.15, 0.2) is 18.2 Å². The van der Waals surface area contributed by atoms with Crippen molar-refractivity contribution in [3.8, 4) is 5.69 Å². The first-order valence-corrected chi connectivity index (χ1v) is 7.68. The molecule has 1 N–H and O–H groups in total. The molecule has 1 unspecified atom stereocenters. The molecule has 0 fully saturated rings. The largest absolute Gasteiger partial charge is 0.444 e. The van der Waals surface area contributed by atoms with Gasteiger partial charge in [-0.05, 0) is 46.7 Å². The summed E-state index contributed by atoms with van der Waals surface area (Å²) < 4.78 is 30.8. The van der Waals surface area contributed by atoms with Gasteiger partial charge in [0, 0.05) is 11.2 Å². The number of carbonyl (C=O) groups is 1. The van der Waals surface area contributed by atoms with Crippen molar-refractivity contribution in [3.05, 3.63) is 29.8 Å². The first-order chi connectivity index (χ1) is 12.4. The highest BCUT2D eigenvalue weighted by Gasteiger charge is 2.31. The second-order valence-electron chi connectivity index (χ2n) is 6.74. The van der Waals surface area contributed by atoms with E-state index in [9.17, 15) is 4.79 Å². The van der Waals surface area contributed by atoms with Gasteiger partial charge in [-0.15, -0.1) is 0 Å². The average Bonchev–Trinajstić information content (AvgIpc) is 2.85. The lowest BCUT2D eigenvalue weighted by molar-refractivity contribution is 0.0636. The summed E-state index contributed by atoms with van der Waals surface area (Å²) in [4.78, 5) is 18.2. The van der Waals surface area contributed by atoms with E-state index in [4.69, 9.17) is 8.85 Å². The number of para-hydroxylation sites is 1. The van der Waals surface area contributed by atoms with Gasteiger partial charge >= 0.3 is 6.09 Å². The van der Waals surface area contributed by atoms with Gasteiger partial charge in [-0.1, -0.05) is 6.07 Å². The van der Waals surface area contributed by atoms with Gasteiger partial charge in [0.15, 0.2) is 5.82 Å². The van der Waals surface area contributed by atoms with Gasteiger partial charge in [0.05, 0.1) is 23.1 Å². The predicted octanol–water partition coefficient (Wildman–Crippen LogP) is 3.43. The molecule has 1 aromatic carbocycles. The maximum absolute atomic E-state index is 12.3. The second kappa shape index (κ2) is 5.51. The number of amides is 1.